The number of tetrazole rings is 1. The van der Waals surface area contributed by atoms with E-state index in [0.717, 1.165) is 12.1 Å². The van der Waals surface area contributed by atoms with Gasteiger partial charge in [-0.25, -0.2) is 0 Å². The number of benzene rings is 1. The van der Waals surface area contributed by atoms with Gasteiger partial charge in [-0.05, 0) is 19.2 Å². The van der Waals surface area contributed by atoms with Crippen LogP contribution in [-0.4, -0.2) is 46.3 Å². The van der Waals surface area contributed by atoms with Crippen LogP contribution < -0.4 is 10.6 Å². The van der Waals surface area contributed by atoms with Gasteiger partial charge in [0.25, 0.3) is 0 Å². The summed E-state index contributed by atoms with van der Waals surface area (Å²) in [6.45, 7) is 3.03. The molecule has 0 saturated carbocycles. The monoisotopic (exact) mass is 274 g/mol. The zero-order valence-corrected chi connectivity index (χ0v) is 11.6. The molecule has 1 aromatic heterocycles. The highest BCUT2D eigenvalue weighted by Gasteiger charge is 2.18. The third kappa shape index (κ3) is 3.39. The van der Waals surface area contributed by atoms with E-state index in [4.69, 9.17) is 0 Å². The van der Waals surface area contributed by atoms with Crippen LogP contribution in [0.25, 0.3) is 11.4 Å². The van der Waals surface area contributed by atoms with Gasteiger partial charge in [0, 0.05) is 18.7 Å². The molecule has 0 bridgehead atoms. The van der Waals surface area contributed by atoms with Crippen LogP contribution in [0.1, 0.15) is 13.0 Å². The number of amides is 1. The highest BCUT2D eigenvalue weighted by molar-refractivity contribution is 5.79. The van der Waals surface area contributed by atoms with Gasteiger partial charge in [0.05, 0.1) is 0 Å². The summed E-state index contributed by atoms with van der Waals surface area (Å²) in [5.41, 5.74) is 0.876. The molecule has 1 unspecified atom stereocenters. The highest BCUT2D eigenvalue weighted by Crippen LogP contribution is 2.13. The minimum atomic E-state index is -0.489. The van der Waals surface area contributed by atoms with Gasteiger partial charge in [-0.2, -0.15) is 4.80 Å². The van der Waals surface area contributed by atoms with Crippen molar-refractivity contribution in [3.05, 3.63) is 30.3 Å². The van der Waals surface area contributed by atoms with E-state index in [1.165, 1.54) is 4.80 Å². The molecule has 0 aliphatic rings. The first-order valence-electron chi connectivity index (χ1n) is 6.49. The standard InChI is InChI=1S/C13H18N6O/c1-10(13(20)15-9-8-14-2)19-17-12(16-18-19)11-6-4-3-5-7-11/h3-7,10,14H,8-9H2,1-2H3,(H,15,20). The Morgan fingerprint density at radius 1 is 1.30 bits per heavy atom. The molecule has 1 atom stereocenters. The summed E-state index contributed by atoms with van der Waals surface area (Å²) in [6, 6.07) is 9.05. The lowest BCUT2D eigenvalue weighted by Gasteiger charge is -2.10. The third-order valence-electron chi connectivity index (χ3n) is 2.86. The van der Waals surface area contributed by atoms with Crippen molar-refractivity contribution in [2.45, 2.75) is 13.0 Å². The van der Waals surface area contributed by atoms with Crippen molar-refractivity contribution in [1.82, 2.24) is 30.8 Å². The first-order valence-corrected chi connectivity index (χ1v) is 6.49. The SMILES string of the molecule is CNCCNC(=O)C(C)n1nnc(-c2ccccc2)n1. The fraction of sp³-hybridized carbons (Fsp3) is 0.385. The molecule has 1 heterocycles. The van der Waals surface area contributed by atoms with Gasteiger partial charge >= 0.3 is 0 Å². The molecule has 7 nitrogen and oxygen atoms in total. The molecule has 0 radical (unpaired) electrons. The summed E-state index contributed by atoms with van der Waals surface area (Å²) in [6.07, 6.45) is 0. The van der Waals surface area contributed by atoms with Crippen LogP contribution in [0.5, 0.6) is 0 Å². The molecule has 0 fully saturated rings. The van der Waals surface area contributed by atoms with E-state index >= 15 is 0 Å². The molecule has 2 N–H and O–H groups in total. The topological polar surface area (TPSA) is 84.7 Å². The van der Waals surface area contributed by atoms with Gasteiger partial charge in [-0.1, -0.05) is 30.3 Å². The predicted molar refractivity (Wildman–Crippen MR) is 74.9 cm³/mol. The van der Waals surface area contributed by atoms with E-state index in [-0.39, 0.29) is 5.91 Å². The van der Waals surface area contributed by atoms with Crippen molar-refractivity contribution in [2.24, 2.45) is 0 Å². The second-order valence-corrected chi connectivity index (χ2v) is 4.37. The molecule has 1 aromatic carbocycles. The maximum Gasteiger partial charge on any atom is 0.246 e. The molecule has 0 aliphatic heterocycles. The van der Waals surface area contributed by atoms with Gasteiger partial charge < -0.3 is 10.6 Å². The first kappa shape index (κ1) is 14.1. The molecule has 7 heteroatoms. The number of carbonyl (C=O) groups is 1. The first-order chi connectivity index (χ1) is 9.72. The minimum absolute atomic E-state index is 0.128. The van der Waals surface area contributed by atoms with Crippen LogP contribution in [0.4, 0.5) is 0 Å². The summed E-state index contributed by atoms with van der Waals surface area (Å²) >= 11 is 0. The summed E-state index contributed by atoms with van der Waals surface area (Å²) in [4.78, 5) is 13.2. The number of nitrogens with one attached hydrogen (secondary N) is 2. The smallest absolute Gasteiger partial charge is 0.246 e. The Morgan fingerprint density at radius 3 is 2.75 bits per heavy atom. The number of hydrogen-bond acceptors (Lipinski definition) is 5. The van der Waals surface area contributed by atoms with Crippen molar-refractivity contribution in [3.63, 3.8) is 0 Å². The lowest BCUT2D eigenvalue weighted by Crippen LogP contribution is -2.35. The quantitative estimate of drug-likeness (QED) is 0.737. The lowest BCUT2D eigenvalue weighted by molar-refractivity contribution is -0.124. The van der Waals surface area contributed by atoms with E-state index in [0.29, 0.717) is 12.4 Å². The molecule has 0 spiro atoms. The van der Waals surface area contributed by atoms with Gasteiger partial charge in [0.1, 0.15) is 6.04 Å². The molecule has 1 amide bonds. The minimum Gasteiger partial charge on any atom is -0.353 e. The van der Waals surface area contributed by atoms with Crippen molar-refractivity contribution < 1.29 is 4.79 Å². The van der Waals surface area contributed by atoms with Crippen LogP contribution >= 0.6 is 0 Å². The molecule has 2 aromatic rings. The Hall–Kier alpha value is -2.28. The number of hydrogen-bond donors (Lipinski definition) is 2. The molecular weight excluding hydrogens is 256 g/mol. The Labute approximate surface area is 117 Å². The Balaban J connectivity index is 2.03. The van der Waals surface area contributed by atoms with Crippen molar-refractivity contribution in [3.8, 4) is 11.4 Å². The average Bonchev–Trinajstić information content (AvgIpc) is 2.97. The summed E-state index contributed by atoms with van der Waals surface area (Å²) in [5.74, 6) is 0.387. The van der Waals surface area contributed by atoms with Gasteiger partial charge in [-0.15, -0.1) is 10.2 Å². The maximum absolute atomic E-state index is 11.9. The van der Waals surface area contributed by atoms with E-state index in [1.54, 1.807) is 6.92 Å². The second kappa shape index (κ2) is 6.76. The number of aromatic nitrogens is 4. The van der Waals surface area contributed by atoms with Gasteiger partial charge in [-0.3, -0.25) is 4.79 Å². The fourth-order valence-electron chi connectivity index (χ4n) is 1.66. The molecule has 0 saturated heterocycles. The summed E-state index contributed by atoms with van der Waals surface area (Å²) in [7, 11) is 1.83. The number of rotatable bonds is 6. The van der Waals surface area contributed by atoms with Crippen molar-refractivity contribution >= 4 is 5.91 Å². The van der Waals surface area contributed by atoms with Crippen LogP contribution in [0.15, 0.2) is 30.3 Å². The third-order valence-corrected chi connectivity index (χ3v) is 2.86. The lowest BCUT2D eigenvalue weighted by atomic mass is 10.2. The van der Waals surface area contributed by atoms with Gasteiger partial charge in [0.2, 0.25) is 11.7 Å². The summed E-state index contributed by atoms with van der Waals surface area (Å²) in [5, 5.41) is 17.9. The Bertz CT molecular complexity index is 553. The molecule has 106 valence electrons. The Kier molecular flexibility index (Phi) is 4.78. The second-order valence-electron chi connectivity index (χ2n) is 4.37. The van der Waals surface area contributed by atoms with Crippen molar-refractivity contribution in [1.29, 1.82) is 0 Å². The maximum atomic E-state index is 11.9. The van der Waals surface area contributed by atoms with Crippen LogP contribution in [0, 0.1) is 0 Å². The zero-order valence-electron chi connectivity index (χ0n) is 11.6. The van der Waals surface area contributed by atoms with Crippen LogP contribution in [0.2, 0.25) is 0 Å². The zero-order chi connectivity index (χ0) is 14.4. The number of carbonyl (C=O) groups excluding carboxylic acids is 1. The van der Waals surface area contributed by atoms with E-state index in [1.807, 2.05) is 37.4 Å². The fourth-order valence-corrected chi connectivity index (χ4v) is 1.66. The summed E-state index contributed by atoms with van der Waals surface area (Å²) < 4.78 is 0. The van der Waals surface area contributed by atoms with Crippen molar-refractivity contribution in [2.75, 3.05) is 20.1 Å². The highest BCUT2D eigenvalue weighted by atomic mass is 16.2. The van der Waals surface area contributed by atoms with E-state index < -0.39 is 6.04 Å². The number of nitrogens with zero attached hydrogens (tertiary/aromatic N) is 4. The molecular formula is C13H18N6O. The number of likely N-dealkylation sites (N-methyl/N-ethyl adjacent to an activating group) is 1. The molecule has 0 aliphatic carbocycles. The van der Waals surface area contributed by atoms with E-state index in [2.05, 4.69) is 26.0 Å². The Morgan fingerprint density at radius 2 is 2.05 bits per heavy atom. The van der Waals surface area contributed by atoms with E-state index in [9.17, 15) is 4.79 Å². The largest absolute Gasteiger partial charge is 0.353 e. The average molecular weight is 274 g/mol. The van der Waals surface area contributed by atoms with Crippen LogP contribution in [-0.2, 0) is 4.79 Å². The molecule has 20 heavy (non-hydrogen) atoms. The normalized spacial score (nSPS) is 12.1. The predicted octanol–water partition coefficient (Wildman–Crippen LogP) is 0.237. The van der Waals surface area contributed by atoms with Crippen LogP contribution in [0.3, 0.4) is 0 Å². The molecule has 2 rings (SSSR count). The van der Waals surface area contributed by atoms with Gasteiger partial charge in [0.15, 0.2) is 0 Å².